The minimum Gasteiger partial charge on any atom is -0.465 e. The molecule has 0 aliphatic heterocycles. The summed E-state index contributed by atoms with van der Waals surface area (Å²) in [5, 5.41) is 20.3. The minimum atomic E-state index is -1.01. The second kappa shape index (κ2) is 7.39. The van der Waals surface area contributed by atoms with E-state index in [1.165, 1.54) is 54.8 Å². The van der Waals surface area contributed by atoms with Crippen LogP contribution in [0.5, 0.6) is 0 Å². The second-order valence-corrected chi connectivity index (χ2v) is 9.63. The van der Waals surface area contributed by atoms with Gasteiger partial charge in [-0.1, -0.05) is 0 Å². The largest absolute Gasteiger partial charge is 0.465 e. The van der Waals surface area contributed by atoms with Gasteiger partial charge in [0.1, 0.15) is 0 Å². The minimum absolute atomic E-state index is 0.0618. The van der Waals surface area contributed by atoms with Crippen molar-refractivity contribution in [2.24, 2.45) is 23.2 Å². The maximum absolute atomic E-state index is 11.7. The zero-order valence-corrected chi connectivity index (χ0v) is 16.2. The Bertz CT molecular complexity index is 684. The lowest BCUT2D eigenvalue weighted by atomic mass is 9.48. The Morgan fingerprint density at radius 2 is 1.85 bits per heavy atom. The van der Waals surface area contributed by atoms with Gasteiger partial charge in [0.15, 0.2) is 5.13 Å². The van der Waals surface area contributed by atoms with Gasteiger partial charge in [0.2, 0.25) is 5.91 Å². The van der Waals surface area contributed by atoms with Crippen molar-refractivity contribution in [2.75, 3.05) is 11.4 Å². The highest BCUT2D eigenvalue weighted by Crippen LogP contribution is 2.61. The summed E-state index contributed by atoms with van der Waals surface area (Å²) in [5.41, 5.74) is 2.48. The first-order valence-electron chi connectivity index (χ1n) is 9.84. The molecule has 0 atom stereocenters. The molecule has 0 radical (unpaired) electrons. The lowest BCUT2D eigenvalue weighted by molar-refractivity contribution is -0.128. The number of hydrogen-bond acceptors (Lipinski definition) is 5. The summed E-state index contributed by atoms with van der Waals surface area (Å²) >= 11 is 1.22. The highest BCUT2D eigenvalue weighted by atomic mass is 32.1. The van der Waals surface area contributed by atoms with Crippen LogP contribution in [0.4, 0.5) is 9.93 Å². The summed E-state index contributed by atoms with van der Waals surface area (Å²) in [6.45, 7) is 0.441. The predicted octanol–water partition coefficient (Wildman–Crippen LogP) is 3.67. The number of hydroxylamine groups is 1. The van der Waals surface area contributed by atoms with Gasteiger partial charge in [0.05, 0.1) is 12.1 Å². The van der Waals surface area contributed by atoms with E-state index in [4.69, 9.17) is 5.21 Å². The van der Waals surface area contributed by atoms with Gasteiger partial charge in [-0.2, -0.15) is 0 Å². The number of aromatic nitrogens is 1. The fraction of sp³-hybridized carbons (Fsp3) is 0.737. The third-order valence-corrected chi connectivity index (χ3v) is 7.63. The molecular weight excluding hydrogens is 366 g/mol. The van der Waals surface area contributed by atoms with Crippen LogP contribution in [0, 0.1) is 23.2 Å². The van der Waals surface area contributed by atoms with Crippen molar-refractivity contribution < 1.29 is 19.9 Å². The Morgan fingerprint density at radius 1 is 1.22 bits per heavy atom. The Labute approximate surface area is 162 Å². The summed E-state index contributed by atoms with van der Waals surface area (Å²) < 4.78 is 0. The molecule has 2 amide bonds. The van der Waals surface area contributed by atoms with Crippen molar-refractivity contribution in [3.05, 3.63) is 11.1 Å². The Balaban J connectivity index is 1.36. The summed E-state index contributed by atoms with van der Waals surface area (Å²) in [5.74, 6) is 2.17. The molecular formula is C19H27N3O4S. The smallest absolute Gasteiger partial charge is 0.413 e. The van der Waals surface area contributed by atoms with E-state index in [-0.39, 0.29) is 6.42 Å². The molecule has 4 aliphatic carbocycles. The van der Waals surface area contributed by atoms with Crippen LogP contribution in [0.15, 0.2) is 5.38 Å². The van der Waals surface area contributed by atoms with Gasteiger partial charge in [-0.05, 0) is 74.5 Å². The van der Waals surface area contributed by atoms with Crippen molar-refractivity contribution in [1.82, 2.24) is 10.5 Å². The molecule has 1 heterocycles. The molecule has 8 heteroatoms. The highest BCUT2D eigenvalue weighted by Gasteiger charge is 2.50. The van der Waals surface area contributed by atoms with Crippen molar-refractivity contribution in [2.45, 2.75) is 57.8 Å². The Hall–Kier alpha value is -1.67. The molecule has 7 nitrogen and oxygen atoms in total. The monoisotopic (exact) mass is 393 g/mol. The van der Waals surface area contributed by atoms with Crippen LogP contribution in [0.3, 0.4) is 0 Å². The van der Waals surface area contributed by atoms with Crippen molar-refractivity contribution >= 4 is 28.5 Å². The number of carboxylic acid groups (broad SMARTS) is 1. The van der Waals surface area contributed by atoms with E-state index in [1.807, 2.05) is 0 Å². The molecule has 27 heavy (non-hydrogen) atoms. The van der Waals surface area contributed by atoms with E-state index in [2.05, 4.69) is 4.98 Å². The van der Waals surface area contributed by atoms with Crippen LogP contribution in [0.1, 0.15) is 57.1 Å². The lowest BCUT2D eigenvalue weighted by Gasteiger charge is -2.57. The molecule has 148 valence electrons. The Morgan fingerprint density at radius 3 is 2.41 bits per heavy atom. The molecule has 0 saturated heterocycles. The van der Waals surface area contributed by atoms with Crippen LogP contribution in [0.25, 0.3) is 0 Å². The number of carbonyl (C=O) groups is 2. The first kappa shape index (κ1) is 18.7. The van der Waals surface area contributed by atoms with E-state index >= 15 is 0 Å². The SMILES string of the molecule is O=C(Cc1csc(N(CCCC23CC4CC(CC(C4)C2)C3)C(=O)O)n1)NO. The van der Waals surface area contributed by atoms with Crippen LogP contribution in [-0.2, 0) is 11.2 Å². The fourth-order valence-electron chi connectivity index (χ4n) is 6.19. The van der Waals surface area contributed by atoms with Gasteiger partial charge >= 0.3 is 6.09 Å². The maximum Gasteiger partial charge on any atom is 0.413 e. The van der Waals surface area contributed by atoms with Crippen LogP contribution >= 0.6 is 11.3 Å². The van der Waals surface area contributed by atoms with E-state index in [0.717, 1.165) is 30.6 Å². The number of carbonyl (C=O) groups excluding carboxylic acids is 1. The molecule has 1 aromatic rings. The third-order valence-electron chi connectivity index (χ3n) is 6.72. The standard InChI is InChI=1S/C19H27N3O4S/c23-16(21-26)7-15-11-27-17(20-15)22(18(24)25)3-1-2-19-8-12-4-13(9-19)6-14(5-12)10-19/h11-14,26H,1-10H2,(H,21,23)(H,24,25). The van der Waals surface area contributed by atoms with E-state index in [1.54, 1.807) is 10.9 Å². The summed E-state index contributed by atoms with van der Waals surface area (Å²) in [6, 6.07) is 0. The molecule has 4 fully saturated rings. The summed E-state index contributed by atoms with van der Waals surface area (Å²) in [6.07, 6.45) is 9.16. The molecule has 5 rings (SSSR count). The average molecular weight is 394 g/mol. The summed E-state index contributed by atoms with van der Waals surface area (Å²) in [7, 11) is 0. The molecule has 0 unspecified atom stereocenters. The Kier molecular flexibility index (Phi) is 5.11. The van der Waals surface area contributed by atoms with Gasteiger partial charge < -0.3 is 5.11 Å². The molecule has 4 bridgehead atoms. The average Bonchev–Trinajstić information content (AvgIpc) is 3.05. The molecule has 1 aromatic heterocycles. The lowest BCUT2D eigenvalue weighted by Crippen LogP contribution is -2.46. The zero-order chi connectivity index (χ0) is 19.0. The topological polar surface area (TPSA) is 103 Å². The molecule has 0 aromatic carbocycles. The van der Waals surface area contributed by atoms with Gasteiger partial charge in [-0.3, -0.25) is 14.9 Å². The number of anilines is 1. The highest BCUT2D eigenvalue weighted by molar-refractivity contribution is 7.14. The zero-order valence-electron chi connectivity index (χ0n) is 15.4. The van der Waals surface area contributed by atoms with E-state index in [9.17, 15) is 14.7 Å². The summed E-state index contributed by atoms with van der Waals surface area (Å²) in [4.78, 5) is 28.5. The third kappa shape index (κ3) is 3.96. The van der Waals surface area contributed by atoms with Crippen LogP contribution < -0.4 is 10.4 Å². The van der Waals surface area contributed by atoms with Gasteiger partial charge in [0.25, 0.3) is 0 Å². The molecule has 0 spiro atoms. The van der Waals surface area contributed by atoms with Crippen LogP contribution in [0.2, 0.25) is 0 Å². The number of nitrogens with one attached hydrogen (secondary N) is 1. The normalized spacial score (nSPS) is 31.1. The second-order valence-electron chi connectivity index (χ2n) is 8.79. The van der Waals surface area contributed by atoms with Crippen molar-refractivity contribution in [3.63, 3.8) is 0 Å². The van der Waals surface area contributed by atoms with Gasteiger partial charge in [0, 0.05) is 11.9 Å². The molecule has 4 saturated carbocycles. The van der Waals surface area contributed by atoms with Gasteiger partial charge in [-0.25, -0.2) is 15.3 Å². The first-order chi connectivity index (χ1) is 13.0. The maximum atomic E-state index is 11.7. The number of rotatable bonds is 7. The van der Waals surface area contributed by atoms with Crippen molar-refractivity contribution in [3.8, 4) is 0 Å². The van der Waals surface area contributed by atoms with Crippen LogP contribution in [-0.4, -0.2) is 33.8 Å². The quantitative estimate of drug-likeness (QED) is 0.484. The number of amides is 2. The van der Waals surface area contributed by atoms with E-state index < -0.39 is 12.0 Å². The number of thiazole rings is 1. The fourth-order valence-corrected chi connectivity index (χ4v) is 7.03. The molecule has 4 aliphatic rings. The number of nitrogens with zero attached hydrogens (tertiary/aromatic N) is 2. The molecule has 3 N–H and O–H groups in total. The predicted molar refractivity (Wildman–Crippen MR) is 101 cm³/mol. The van der Waals surface area contributed by atoms with E-state index in [0.29, 0.717) is 22.8 Å². The van der Waals surface area contributed by atoms with Crippen molar-refractivity contribution in [1.29, 1.82) is 0 Å². The number of hydrogen-bond donors (Lipinski definition) is 3. The first-order valence-corrected chi connectivity index (χ1v) is 10.7. The van der Waals surface area contributed by atoms with Gasteiger partial charge in [-0.15, -0.1) is 11.3 Å².